The van der Waals surface area contributed by atoms with Gasteiger partial charge in [0.05, 0.1) is 5.60 Å². The SMILES string of the molecule is C[C@@H]1C[C@@H]2CC(=O)CCC2(C)C2CCC3(C)C(CC[C@@]3(C)O)C21. The van der Waals surface area contributed by atoms with Crippen LogP contribution in [0.1, 0.15) is 79.1 Å². The van der Waals surface area contributed by atoms with Crippen LogP contribution in [-0.2, 0) is 4.79 Å². The van der Waals surface area contributed by atoms with Gasteiger partial charge in [0.2, 0.25) is 0 Å². The molecular weight excluding hydrogens is 284 g/mol. The van der Waals surface area contributed by atoms with Crippen LogP contribution in [0.15, 0.2) is 0 Å². The molecule has 1 N–H and O–H groups in total. The van der Waals surface area contributed by atoms with E-state index in [1.807, 2.05) is 0 Å². The summed E-state index contributed by atoms with van der Waals surface area (Å²) in [5.74, 6) is 4.05. The van der Waals surface area contributed by atoms with Crippen molar-refractivity contribution in [2.45, 2.75) is 84.7 Å². The van der Waals surface area contributed by atoms with Crippen LogP contribution in [-0.4, -0.2) is 16.5 Å². The molecule has 8 atom stereocenters. The molecule has 4 aliphatic rings. The van der Waals surface area contributed by atoms with Crippen LogP contribution in [0, 0.1) is 40.4 Å². The summed E-state index contributed by atoms with van der Waals surface area (Å²) in [7, 11) is 0. The lowest BCUT2D eigenvalue weighted by Gasteiger charge is -2.62. The summed E-state index contributed by atoms with van der Waals surface area (Å²) >= 11 is 0. The van der Waals surface area contributed by atoms with E-state index in [1.54, 1.807) is 0 Å². The van der Waals surface area contributed by atoms with Gasteiger partial charge in [-0.1, -0.05) is 20.8 Å². The fourth-order valence-electron chi connectivity index (χ4n) is 7.67. The maximum atomic E-state index is 12.0. The fraction of sp³-hybridized carbons (Fsp3) is 0.952. The Bertz CT molecular complexity index is 524. The summed E-state index contributed by atoms with van der Waals surface area (Å²) in [6.07, 6.45) is 8.61. The van der Waals surface area contributed by atoms with Crippen molar-refractivity contribution in [2.75, 3.05) is 0 Å². The number of Topliss-reactive ketones (excluding diaryl/α,β-unsaturated/α-hetero) is 1. The van der Waals surface area contributed by atoms with Gasteiger partial charge in [-0.3, -0.25) is 4.79 Å². The lowest BCUT2D eigenvalue weighted by molar-refractivity contribution is -0.165. The lowest BCUT2D eigenvalue weighted by atomic mass is 9.42. The predicted octanol–water partition coefficient (Wildman–Crippen LogP) is 4.60. The monoisotopic (exact) mass is 318 g/mol. The number of fused-ring (bicyclic) bond motifs is 5. The first-order valence-corrected chi connectivity index (χ1v) is 9.93. The Hall–Kier alpha value is -0.370. The molecule has 0 heterocycles. The highest BCUT2D eigenvalue weighted by Gasteiger charge is 2.64. The van der Waals surface area contributed by atoms with Gasteiger partial charge >= 0.3 is 0 Å². The number of aliphatic hydroxyl groups is 1. The molecule has 0 aromatic rings. The largest absolute Gasteiger partial charge is 0.390 e. The van der Waals surface area contributed by atoms with E-state index in [9.17, 15) is 9.90 Å². The molecule has 5 unspecified atom stereocenters. The minimum Gasteiger partial charge on any atom is -0.390 e. The second-order valence-electron chi connectivity index (χ2n) is 10.2. The fourth-order valence-corrected chi connectivity index (χ4v) is 7.67. The van der Waals surface area contributed by atoms with Crippen LogP contribution in [0.4, 0.5) is 0 Å². The van der Waals surface area contributed by atoms with Crippen molar-refractivity contribution in [3.63, 3.8) is 0 Å². The molecule has 130 valence electrons. The Labute approximate surface area is 141 Å². The third-order valence-corrected chi connectivity index (χ3v) is 9.40. The second-order valence-corrected chi connectivity index (χ2v) is 10.2. The highest BCUT2D eigenvalue weighted by molar-refractivity contribution is 5.79. The van der Waals surface area contributed by atoms with Gasteiger partial charge in [-0.2, -0.15) is 0 Å². The minimum absolute atomic E-state index is 0.107. The van der Waals surface area contributed by atoms with Gasteiger partial charge in [0.1, 0.15) is 5.78 Å². The van der Waals surface area contributed by atoms with E-state index in [1.165, 1.54) is 25.7 Å². The van der Waals surface area contributed by atoms with Crippen LogP contribution >= 0.6 is 0 Å². The van der Waals surface area contributed by atoms with Crippen molar-refractivity contribution in [1.82, 2.24) is 0 Å². The van der Waals surface area contributed by atoms with E-state index in [-0.39, 0.29) is 5.41 Å². The van der Waals surface area contributed by atoms with Crippen LogP contribution in [0.25, 0.3) is 0 Å². The average molecular weight is 319 g/mol. The molecule has 0 bridgehead atoms. The minimum atomic E-state index is -0.483. The highest BCUT2D eigenvalue weighted by atomic mass is 16.3. The molecule has 4 rings (SSSR count). The first kappa shape index (κ1) is 16.1. The molecule has 2 nitrogen and oxygen atoms in total. The van der Waals surface area contributed by atoms with Gasteiger partial charge in [0.25, 0.3) is 0 Å². The summed E-state index contributed by atoms with van der Waals surface area (Å²) in [6, 6.07) is 0. The molecule has 23 heavy (non-hydrogen) atoms. The van der Waals surface area contributed by atoms with Crippen LogP contribution in [0.2, 0.25) is 0 Å². The molecule has 2 heteroatoms. The normalized spacial score (nSPS) is 59.2. The van der Waals surface area contributed by atoms with Crippen LogP contribution in [0.5, 0.6) is 0 Å². The van der Waals surface area contributed by atoms with Gasteiger partial charge in [-0.05, 0) is 85.9 Å². The Morgan fingerprint density at radius 3 is 2.48 bits per heavy atom. The number of ketones is 1. The number of rotatable bonds is 0. The van der Waals surface area contributed by atoms with Crippen molar-refractivity contribution in [1.29, 1.82) is 0 Å². The predicted molar refractivity (Wildman–Crippen MR) is 91.9 cm³/mol. The first-order valence-electron chi connectivity index (χ1n) is 9.93. The van der Waals surface area contributed by atoms with Gasteiger partial charge in [0, 0.05) is 12.8 Å². The zero-order valence-corrected chi connectivity index (χ0v) is 15.4. The molecule has 0 radical (unpaired) electrons. The van der Waals surface area contributed by atoms with Crippen molar-refractivity contribution in [2.24, 2.45) is 40.4 Å². The quantitative estimate of drug-likeness (QED) is 0.709. The van der Waals surface area contributed by atoms with Gasteiger partial charge < -0.3 is 5.11 Å². The van der Waals surface area contributed by atoms with Crippen LogP contribution < -0.4 is 0 Å². The highest BCUT2D eigenvalue weighted by Crippen LogP contribution is 2.69. The third kappa shape index (κ3) is 2.00. The number of carbonyl (C=O) groups is 1. The Morgan fingerprint density at radius 2 is 1.74 bits per heavy atom. The van der Waals surface area contributed by atoms with E-state index in [4.69, 9.17) is 0 Å². The maximum absolute atomic E-state index is 12.0. The maximum Gasteiger partial charge on any atom is 0.133 e. The molecule has 0 spiro atoms. The van der Waals surface area contributed by atoms with Gasteiger partial charge in [0.15, 0.2) is 0 Å². The smallest absolute Gasteiger partial charge is 0.133 e. The number of hydrogen-bond donors (Lipinski definition) is 1. The molecule has 0 amide bonds. The summed E-state index contributed by atoms with van der Waals surface area (Å²) < 4.78 is 0. The molecule has 0 aromatic carbocycles. The van der Waals surface area contributed by atoms with Crippen molar-refractivity contribution in [3.8, 4) is 0 Å². The molecule has 0 saturated heterocycles. The van der Waals surface area contributed by atoms with E-state index in [2.05, 4.69) is 27.7 Å². The summed E-state index contributed by atoms with van der Waals surface area (Å²) in [6.45, 7) is 9.40. The second kappa shape index (κ2) is 4.84. The average Bonchev–Trinajstić information content (AvgIpc) is 2.72. The topological polar surface area (TPSA) is 37.3 Å². The van der Waals surface area contributed by atoms with E-state index in [0.29, 0.717) is 29.0 Å². The molecule has 4 saturated carbocycles. The van der Waals surface area contributed by atoms with Crippen molar-refractivity contribution in [3.05, 3.63) is 0 Å². The summed E-state index contributed by atoms with van der Waals surface area (Å²) in [5.41, 5.74) is -0.000383. The Balaban J connectivity index is 1.70. The van der Waals surface area contributed by atoms with E-state index >= 15 is 0 Å². The standard InChI is InChI=1S/C21H34O2/c1-13-11-14-12-15(22)5-8-19(14,2)16-6-9-20(3)17(18(13)16)7-10-21(20,4)23/h13-14,16-18,23H,5-12H2,1-4H3/t13-,14-,16?,17?,18?,19?,20?,21-/m1/s1. The molecule has 0 aromatic heterocycles. The summed E-state index contributed by atoms with van der Waals surface area (Å²) in [4.78, 5) is 12.0. The van der Waals surface area contributed by atoms with Crippen molar-refractivity contribution < 1.29 is 9.90 Å². The third-order valence-electron chi connectivity index (χ3n) is 9.40. The molecule has 0 aliphatic heterocycles. The Morgan fingerprint density at radius 1 is 1.04 bits per heavy atom. The van der Waals surface area contributed by atoms with E-state index in [0.717, 1.165) is 37.5 Å². The molecular formula is C21H34O2. The number of hydrogen-bond acceptors (Lipinski definition) is 2. The zero-order chi connectivity index (χ0) is 16.6. The number of carbonyl (C=O) groups excluding carboxylic acids is 1. The molecule has 4 fully saturated rings. The zero-order valence-electron chi connectivity index (χ0n) is 15.4. The summed E-state index contributed by atoms with van der Waals surface area (Å²) in [5, 5.41) is 11.0. The van der Waals surface area contributed by atoms with E-state index < -0.39 is 5.60 Å². The van der Waals surface area contributed by atoms with Gasteiger partial charge in [-0.15, -0.1) is 0 Å². The van der Waals surface area contributed by atoms with Gasteiger partial charge in [-0.25, -0.2) is 0 Å². The molecule has 4 aliphatic carbocycles. The first-order chi connectivity index (χ1) is 10.7. The Kier molecular flexibility index (Phi) is 3.39. The van der Waals surface area contributed by atoms with Crippen LogP contribution in [0.3, 0.4) is 0 Å². The lowest BCUT2D eigenvalue weighted by Crippen LogP contribution is -2.58. The van der Waals surface area contributed by atoms with Crippen molar-refractivity contribution >= 4 is 5.78 Å².